The first-order chi connectivity index (χ1) is 7.96. The number of hydrogen-bond acceptors (Lipinski definition) is 5. The number of methoxy groups -OCH3 is 1. The van der Waals surface area contributed by atoms with Crippen molar-refractivity contribution in [2.45, 2.75) is 56.8 Å². The van der Waals surface area contributed by atoms with Crippen molar-refractivity contribution in [2.75, 3.05) is 13.7 Å². The monoisotopic (exact) mass is 245 g/mol. The summed E-state index contributed by atoms with van der Waals surface area (Å²) in [4.78, 5) is 11.6. The van der Waals surface area contributed by atoms with Crippen molar-refractivity contribution in [1.82, 2.24) is 0 Å². The molecule has 3 unspecified atom stereocenters. The Bertz CT molecular complexity index is 255. The number of nitrogens with two attached hydrogens (primary N) is 1. The predicted molar refractivity (Wildman–Crippen MR) is 63.4 cm³/mol. The molecule has 0 aromatic carbocycles. The molecule has 5 heteroatoms. The lowest BCUT2D eigenvalue weighted by atomic mass is 9.94. The van der Waals surface area contributed by atoms with Crippen molar-refractivity contribution in [1.29, 1.82) is 0 Å². The first-order valence-corrected chi connectivity index (χ1v) is 6.11. The van der Waals surface area contributed by atoms with E-state index in [1.165, 1.54) is 6.92 Å². The molecule has 1 aliphatic rings. The Morgan fingerprint density at radius 1 is 1.47 bits per heavy atom. The Balaban J connectivity index is 2.35. The van der Waals surface area contributed by atoms with Gasteiger partial charge in [0.05, 0.1) is 18.1 Å². The van der Waals surface area contributed by atoms with Gasteiger partial charge in [-0.1, -0.05) is 0 Å². The van der Waals surface area contributed by atoms with E-state index in [1.807, 2.05) is 0 Å². The molecule has 0 heterocycles. The molecule has 5 nitrogen and oxygen atoms in total. The summed E-state index contributed by atoms with van der Waals surface area (Å²) in [6.07, 6.45) is 3.67. The van der Waals surface area contributed by atoms with Crippen molar-refractivity contribution in [3.05, 3.63) is 0 Å². The van der Waals surface area contributed by atoms with E-state index in [9.17, 15) is 9.90 Å². The molecule has 1 saturated carbocycles. The lowest BCUT2D eigenvalue weighted by molar-refractivity contribution is -0.157. The van der Waals surface area contributed by atoms with Crippen LogP contribution < -0.4 is 5.73 Å². The van der Waals surface area contributed by atoms with Crippen LogP contribution in [0.25, 0.3) is 0 Å². The SMILES string of the molecule is COC1CCCC(OC(=O)CC(C)(O)CN)C1. The third-order valence-corrected chi connectivity index (χ3v) is 3.17. The van der Waals surface area contributed by atoms with Gasteiger partial charge in [0.2, 0.25) is 0 Å². The minimum atomic E-state index is -1.17. The normalized spacial score (nSPS) is 28.5. The summed E-state index contributed by atoms with van der Waals surface area (Å²) < 4.78 is 10.6. The Morgan fingerprint density at radius 2 is 2.12 bits per heavy atom. The topological polar surface area (TPSA) is 81.8 Å². The average molecular weight is 245 g/mol. The molecule has 1 fully saturated rings. The first kappa shape index (κ1) is 14.4. The fraction of sp³-hybridized carbons (Fsp3) is 0.917. The van der Waals surface area contributed by atoms with Gasteiger partial charge >= 0.3 is 5.97 Å². The number of carbonyl (C=O) groups excluding carboxylic acids is 1. The maximum absolute atomic E-state index is 11.6. The van der Waals surface area contributed by atoms with Gasteiger partial charge in [-0.05, 0) is 26.2 Å². The highest BCUT2D eigenvalue weighted by Crippen LogP contribution is 2.24. The molecule has 1 rings (SSSR count). The lowest BCUT2D eigenvalue weighted by Gasteiger charge is -2.29. The highest BCUT2D eigenvalue weighted by atomic mass is 16.5. The van der Waals surface area contributed by atoms with Gasteiger partial charge in [-0.3, -0.25) is 4.79 Å². The lowest BCUT2D eigenvalue weighted by Crippen LogP contribution is -2.38. The fourth-order valence-electron chi connectivity index (χ4n) is 2.03. The number of carbonyl (C=O) groups is 1. The largest absolute Gasteiger partial charge is 0.462 e. The number of aliphatic hydroxyl groups is 1. The van der Waals surface area contributed by atoms with Gasteiger partial charge in [0.1, 0.15) is 6.10 Å². The molecule has 0 aromatic heterocycles. The molecule has 0 bridgehead atoms. The summed E-state index contributed by atoms with van der Waals surface area (Å²) in [5, 5.41) is 9.67. The van der Waals surface area contributed by atoms with Crippen LogP contribution in [0, 0.1) is 0 Å². The van der Waals surface area contributed by atoms with E-state index in [2.05, 4.69) is 0 Å². The third-order valence-electron chi connectivity index (χ3n) is 3.17. The Labute approximate surface area is 102 Å². The van der Waals surface area contributed by atoms with Gasteiger partial charge in [0.25, 0.3) is 0 Å². The van der Waals surface area contributed by atoms with Crippen LogP contribution in [0.5, 0.6) is 0 Å². The second-order valence-corrected chi connectivity index (χ2v) is 5.01. The van der Waals surface area contributed by atoms with Crippen LogP contribution in [0.15, 0.2) is 0 Å². The summed E-state index contributed by atoms with van der Waals surface area (Å²) in [5.41, 5.74) is 4.18. The quantitative estimate of drug-likeness (QED) is 0.693. The van der Waals surface area contributed by atoms with E-state index in [-0.39, 0.29) is 31.1 Å². The van der Waals surface area contributed by atoms with E-state index in [4.69, 9.17) is 15.2 Å². The number of rotatable bonds is 5. The average Bonchev–Trinajstić information content (AvgIpc) is 2.28. The summed E-state index contributed by atoms with van der Waals surface area (Å²) in [6, 6.07) is 0. The van der Waals surface area contributed by atoms with E-state index < -0.39 is 5.60 Å². The highest BCUT2D eigenvalue weighted by molar-refractivity contribution is 5.70. The van der Waals surface area contributed by atoms with E-state index >= 15 is 0 Å². The summed E-state index contributed by atoms with van der Waals surface area (Å²) >= 11 is 0. The second kappa shape index (κ2) is 6.33. The van der Waals surface area contributed by atoms with Crippen molar-refractivity contribution in [3.8, 4) is 0 Å². The minimum absolute atomic E-state index is 0.0491. The second-order valence-electron chi connectivity index (χ2n) is 5.01. The molecular weight excluding hydrogens is 222 g/mol. The first-order valence-electron chi connectivity index (χ1n) is 6.11. The molecule has 3 atom stereocenters. The Morgan fingerprint density at radius 3 is 2.71 bits per heavy atom. The van der Waals surface area contributed by atoms with Crippen LogP contribution in [0.4, 0.5) is 0 Å². The summed E-state index contributed by atoms with van der Waals surface area (Å²) in [6.45, 7) is 1.58. The number of ether oxygens (including phenoxy) is 2. The molecule has 0 aliphatic heterocycles. The van der Waals surface area contributed by atoms with Crippen LogP contribution >= 0.6 is 0 Å². The van der Waals surface area contributed by atoms with E-state index in [0.29, 0.717) is 0 Å². The van der Waals surface area contributed by atoms with Crippen LogP contribution in [-0.4, -0.2) is 42.5 Å². The summed E-state index contributed by atoms with van der Waals surface area (Å²) in [5.74, 6) is -0.387. The smallest absolute Gasteiger partial charge is 0.309 e. The number of hydrogen-bond donors (Lipinski definition) is 2. The standard InChI is InChI=1S/C12H23NO4/c1-12(15,8-13)7-11(14)17-10-5-3-4-9(6-10)16-2/h9-10,15H,3-8,13H2,1-2H3. The Kier molecular flexibility index (Phi) is 5.36. The van der Waals surface area contributed by atoms with Gasteiger partial charge in [0, 0.05) is 20.1 Å². The molecular formula is C12H23NO4. The zero-order chi connectivity index (χ0) is 12.9. The summed E-state index contributed by atoms with van der Waals surface area (Å²) in [7, 11) is 1.67. The minimum Gasteiger partial charge on any atom is -0.462 e. The van der Waals surface area contributed by atoms with Crippen molar-refractivity contribution < 1.29 is 19.4 Å². The van der Waals surface area contributed by atoms with Gasteiger partial charge in [0.15, 0.2) is 0 Å². The molecule has 100 valence electrons. The maximum atomic E-state index is 11.6. The van der Waals surface area contributed by atoms with Crippen LogP contribution in [-0.2, 0) is 14.3 Å². The van der Waals surface area contributed by atoms with E-state index in [1.54, 1.807) is 7.11 Å². The fourth-order valence-corrected chi connectivity index (χ4v) is 2.03. The van der Waals surface area contributed by atoms with Crippen LogP contribution in [0.1, 0.15) is 39.0 Å². The van der Waals surface area contributed by atoms with Crippen LogP contribution in [0.2, 0.25) is 0 Å². The molecule has 0 amide bonds. The van der Waals surface area contributed by atoms with Crippen molar-refractivity contribution in [3.63, 3.8) is 0 Å². The van der Waals surface area contributed by atoms with Crippen molar-refractivity contribution >= 4 is 5.97 Å². The third kappa shape index (κ3) is 5.02. The molecule has 3 N–H and O–H groups in total. The molecule has 0 aromatic rings. The molecule has 1 aliphatic carbocycles. The van der Waals surface area contributed by atoms with Crippen LogP contribution in [0.3, 0.4) is 0 Å². The Hall–Kier alpha value is -0.650. The van der Waals surface area contributed by atoms with Gasteiger partial charge in [-0.15, -0.1) is 0 Å². The zero-order valence-corrected chi connectivity index (χ0v) is 10.6. The van der Waals surface area contributed by atoms with Gasteiger partial charge < -0.3 is 20.3 Å². The van der Waals surface area contributed by atoms with Gasteiger partial charge in [-0.2, -0.15) is 0 Å². The van der Waals surface area contributed by atoms with Crippen molar-refractivity contribution in [2.24, 2.45) is 5.73 Å². The van der Waals surface area contributed by atoms with Gasteiger partial charge in [-0.25, -0.2) is 0 Å². The van der Waals surface area contributed by atoms with E-state index in [0.717, 1.165) is 25.7 Å². The molecule has 0 saturated heterocycles. The zero-order valence-electron chi connectivity index (χ0n) is 10.6. The molecule has 17 heavy (non-hydrogen) atoms. The maximum Gasteiger partial charge on any atom is 0.309 e. The number of esters is 1. The molecule has 0 radical (unpaired) electrons. The predicted octanol–water partition coefficient (Wildman–Crippen LogP) is 0.587. The highest BCUT2D eigenvalue weighted by Gasteiger charge is 2.28. The molecule has 0 spiro atoms.